The first-order chi connectivity index (χ1) is 8.61. The summed E-state index contributed by atoms with van der Waals surface area (Å²) in [6.07, 6.45) is 0. The second-order valence-corrected chi connectivity index (χ2v) is 5.30. The maximum Gasteiger partial charge on any atom is 0.145 e. The Bertz CT molecular complexity index is 566. The molecule has 96 valence electrons. The van der Waals surface area contributed by atoms with Crippen LogP contribution in [0.3, 0.4) is 0 Å². The van der Waals surface area contributed by atoms with Crippen molar-refractivity contribution in [2.24, 2.45) is 0 Å². The Kier molecular flexibility index (Phi) is 4.36. The molecular formula is C10H8BrClFN3OS. The molecule has 0 spiro atoms. The number of nitrogens with zero attached hydrogens (tertiary/aromatic N) is 2. The summed E-state index contributed by atoms with van der Waals surface area (Å²) in [5.74, 6) is -0.160. The van der Waals surface area contributed by atoms with Crippen molar-refractivity contribution in [3.05, 3.63) is 33.1 Å². The molecule has 0 fully saturated rings. The molecule has 0 radical (unpaired) electrons. The molecule has 1 aromatic carbocycles. The van der Waals surface area contributed by atoms with E-state index in [-0.39, 0.29) is 11.6 Å². The summed E-state index contributed by atoms with van der Waals surface area (Å²) in [6.45, 7) is 0.201. The monoisotopic (exact) mass is 351 g/mol. The summed E-state index contributed by atoms with van der Waals surface area (Å²) in [5, 5.41) is 7.73. The SMILES string of the molecule is CNc1snnc1COc1cc(F)c(Cl)cc1Br. The van der Waals surface area contributed by atoms with Crippen LogP contribution in [-0.4, -0.2) is 16.6 Å². The Morgan fingerprint density at radius 2 is 2.33 bits per heavy atom. The van der Waals surface area contributed by atoms with Crippen molar-refractivity contribution in [1.29, 1.82) is 0 Å². The van der Waals surface area contributed by atoms with Gasteiger partial charge in [0.05, 0.1) is 9.50 Å². The number of hydrogen-bond donors (Lipinski definition) is 1. The Hall–Kier alpha value is -0.920. The number of anilines is 1. The first-order valence-electron chi connectivity index (χ1n) is 4.88. The second kappa shape index (κ2) is 5.81. The van der Waals surface area contributed by atoms with Crippen LogP contribution in [0.25, 0.3) is 0 Å². The highest BCUT2D eigenvalue weighted by atomic mass is 79.9. The minimum Gasteiger partial charge on any atom is -0.486 e. The number of benzene rings is 1. The molecule has 0 atom stereocenters. The topological polar surface area (TPSA) is 47.0 Å². The zero-order valence-electron chi connectivity index (χ0n) is 9.21. The highest BCUT2D eigenvalue weighted by Gasteiger charge is 2.11. The molecule has 0 aliphatic rings. The molecule has 2 rings (SSSR count). The third kappa shape index (κ3) is 2.90. The molecule has 0 saturated carbocycles. The zero-order valence-corrected chi connectivity index (χ0v) is 12.4. The van der Waals surface area contributed by atoms with Gasteiger partial charge in [0.1, 0.15) is 28.9 Å². The van der Waals surface area contributed by atoms with Crippen LogP contribution in [0.5, 0.6) is 5.75 Å². The lowest BCUT2D eigenvalue weighted by Gasteiger charge is -2.08. The fourth-order valence-electron chi connectivity index (χ4n) is 1.25. The number of halogens is 3. The molecular weight excluding hydrogens is 345 g/mol. The fourth-order valence-corrected chi connectivity index (χ4v) is 2.52. The molecule has 1 aromatic heterocycles. The molecule has 0 saturated heterocycles. The van der Waals surface area contributed by atoms with E-state index in [4.69, 9.17) is 16.3 Å². The normalized spacial score (nSPS) is 10.4. The van der Waals surface area contributed by atoms with Crippen LogP contribution < -0.4 is 10.1 Å². The van der Waals surface area contributed by atoms with Gasteiger partial charge in [0.2, 0.25) is 0 Å². The van der Waals surface area contributed by atoms with Crippen molar-refractivity contribution in [3.63, 3.8) is 0 Å². The fraction of sp³-hybridized carbons (Fsp3) is 0.200. The van der Waals surface area contributed by atoms with Crippen molar-refractivity contribution in [1.82, 2.24) is 9.59 Å². The predicted molar refractivity (Wildman–Crippen MR) is 72.9 cm³/mol. The lowest BCUT2D eigenvalue weighted by atomic mass is 10.3. The maximum absolute atomic E-state index is 13.3. The smallest absolute Gasteiger partial charge is 0.145 e. The molecule has 4 nitrogen and oxygen atoms in total. The van der Waals surface area contributed by atoms with E-state index in [0.29, 0.717) is 15.9 Å². The number of hydrogen-bond acceptors (Lipinski definition) is 5. The van der Waals surface area contributed by atoms with E-state index < -0.39 is 5.82 Å². The van der Waals surface area contributed by atoms with Crippen LogP contribution >= 0.6 is 39.1 Å². The molecule has 1 heterocycles. The van der Waals surface area contributed by atoms with Gasteiger partial charge < -0.3 is 10.1 Å². The van der Waals surface area contributed by atoms with Crippen LogP contribution in [0.4, 0.5) is 9.39 Å². The number of aromatic nitrogens is 2. The molecule has 18 heavy (non-hydrogen) atoms. The molecule has 0 aliphatic carbocycles. The summed E-state index contributed by atoms with van der Waals surface area (Å²) in [7, 11) is 1.77. The second-order valence-electron chi connectivity index (χ2n) is 3.28. The molecule has 0 unspecified atom stereocenters. The standard InChI is InChI=1S/C10H8BrClFN3OS/c1-14-10-8(15-16-18-10)4-17-9-3-7(13)6(12)2-5(9)11/h2-3,14H,4H2,1H3. The highest BCUT2D eigenvalue weighted by molar-refractivity contribution is 9.10. The minimum absolute atomic E-state index is 0.0421. The van der Waals surface area contributed by atoms with Gasteiger partial charge in [0.25, 0.3) is 0 Å². The number of ether oxygens (including phenoxy) is 1. The van der Waals surface area contributed by atoms with Gasteiger partial charge in [-0.3, -0.25) is 0 Å². The highest BCUT2D eigenvalue weighted by Crippen LogP contribution is 2.31. The molecule has 8 heteroatoms. The van der Waals surface area contributed by atoms with Gasteiger partial charge in [0, 0.05) is 24.6 Å². The van der Waals surface area contributed by atoms with Crippen LogP contribution in [-0.2, 0) is 6.61 Å². The molecule has 2 aromatic rings. The predicted octanol–water partition coefficient (Wildman–Crippen LogP) is 3.71. The van der Waals surface area contributed by atoms with E-state index in [2.05, 4.69) is 30.8 Å². The van der Waals surface area contributed by atoms with Gasteiger partial charge in [-0.15, -0.1) is 5.10 Å². The van der Waals surface area contributed by atoms with E-state index >= 15 is 0 Å². The van der Waals surface area contributed by atoms with E-state index in [1.165, 1.54) is 23.7 Å². The average Bonchev–Trinajstić information content (AvgIpc) is 2.79. The first-order valence-corrected chi connectivity index (χ1v) is 6.82. The van der Waals surface area contributed by atoms with Crippen LogP contribution in [0.2, 0.25) is 5.02 Å². The maximum atomic E-state index is 13.3. The first kappa shape index (κ1) is 13.5. The number of rotatable bonds is 4. The molecule has 0 bridgehead atoms. The van der Waals surface area contributed by atoms with Gasteiger partial charge in [0.15, 0.2) is 0 Å². The van der Waals surface area contributed by atoms with Crippen LogP contribution in [0.1, 0.15) is 5.69 Å². The van der Waals surface area contributed by atoms with Gasteiger partial charge in [-0.2, -0.15) is 0 Å². The van der Waals surface area contributed by atoms with Crippen LogP contribution in [0, 0.1) is 5.82 Å². The molecule has 0 aliphatic heterocycles. The average molecular weight is 353 g/mol. The molecule has 0 amide bonds. The van der Waals surface area contributed by atoms with Crippen molar-refractivity contribution in [2.75, 3.05) is 12.4 Å². The van der Waals surface area contributed by atoms with E-state index in [1.54, 1.807) is 7.05 Å². The Labute approximate surface area is 120 Å². The van der Waals surface area contributed by atoms with E-state index in [1.807, 2.05) is 0 Å². The Morgan fingerprint density at radius 3 is 3.06 bits per heavy atom. The Balaban J connectivity index is 2.13. The quantitative estimate of drug-likeness (QED) is 0.852. The van der Waals surface area contributed by atoms with Gasteiger partial charge >= 0.3 is 0 Å². The third-order valence-corrected chi connectivity index (χ3v) is 3.82. The van der Waals surface area contributed by atoms with Crippen molar-refractivity contribution in [2.45, 2.75) is 6.61 Å². The van der Waals surface area contributed by atoms with Crippen molar-refractivity contribution >= 4 is 44.1 Å². The number of nitrogens with one attached hydrogen (secondary N) is 1. The van der Waals surface area contributed by atoms with Crippen molar-refractivity contribution in [3.8, 4) is 5.75 Å². The largest absolute Gasteiger partial charge is 0.486 e. The summed E-state index contributed by atoms with van der Waals surface area (Å²) < 4.78 is 23.2. The van der Waals surface area contributed by atoms with Gasteiger partial charge in [-0.05, 0) is 22.0 Å². The van der Waals surface area contributed by atoms with E-state index in [0.717, 1.165) is 5.00 Å². The Morgan fingerprint density at radius 1 is 1.56 bits per heavy atom. The van der Waals surface area contributed by atoms with Gasteiger partial charge in [-0.1, -0.05) is 16.1 Å². The van der Waals surface area contributed by atoms with Crippen molar-refractivity contribution < 1.29 is 9.13 Å². The minimum atomic E-state index is -0.528. The summed E-state index contributed by atoms with van der Waals surface area (Å²) in [6, 6.07) is 2.68. The lowest BCUT2D eigenvalue weighted by Crippen LogP contribution is -2.00. The zero-order chi connectivity index (χ0) is 13.1. The lowest BCUT2D eigenvalue weighted by molar-refractivity contribution is 0.298. The summed E-state index contributed by atoms with van der Waals surface area (Å²) in [4.78, 5) is 0. The third-order valence-electron chi connectivity index (χ3n) is 2.12. The van der Waals surface area contributed by atoms with Gasteiger partial charge in [-0.25, -0.2) is 4.39 Å². The van der Waals surface area contributed by atoms with E-state index in [9.17, 15) is 4.39 Å². The summed E-state index contributed by atoms with van der Waals surface area (Å²) >= 11 is 10.1. The van der Waals surface area contributed by atoms with Crippen LogP contribution in [0.15, 0.2) is 16.6 Å². The summed E-state index contributed by atoms with van der Waals surface area (Å²) in [5.41, 5.74) is 0.671. The molecule has 1 N–H and O–H groups in total.